The van der Waals surface area contributed by atoms with Crippen LogP contribution in [0, 0.1) is 11.3 Å². The number of aromatic nitrogens is 2. The third kappa shape index (κ3) is 3.88. The first kappa shape index (κ1) is 15.2. The minimum Gasteiger partial charge on any atom is -0.377 e. The molecule has 2 rings (SSSR count). The summed E-state index contributed by atoms with van der Waals surface area (Å²) < 4.78 is 5.84. The predicted molar refractivity (Wildman–Crippen MR) is 82.7 cm³/mol. The second-order valence-corrected chi connectivity index (χ2v) is 4.97. The molecule has 2 aromatic rings. The van der Waals surface area contributed by atoms with Gasteiger partial charge >= 0.3 is 0 Å². The predicted octanol–water partition coefficient (Wildman–Crippen LogP) is 2.29. The van der Waals surface area contributed by atoms with Crippen molar-refractivity contribution in [3.05, 3.63) is 40.1 Å². The second kappa shape index (κ2) is 6.99. The molecule has 1 heterocycles. The van der Waals surface area contributed by atoms with E-state index >= 15 is 0 Å². The van der Waals surface area contributed by atoms with Crippen molar-refractivity contribution in [1.82, 2.24) is 9.97 Å². The minimum absolute atomic E-state index is 0.260. The Morgan fingerprint density at radius 1 is 1.33 bits per heavy atom. The Hall–Kier alpha value is -2.21. The van der Waals surface area contributed by atoms with Crippen molar-refractivity contribution in [3.8, 4) is 6.07 Å². The molecule has 21 heavy (non-hydrogen) atoms. The Bertz CT molecular complexity index is 685. The molecule has 4 N–H and O–H groups in total. The summed E-state index contributed by atoms with van der Waals surface area (Å²) in [6.45, 7) is 0.260. The number of ether oxygens (including phenoxy) is 1. The summed E-state index contributed by atoms with van der Waals surface area (Å²) >= 11 is 3.33. The molecule has 0 aliphatic carbocycles. The Kier molecular flexibility index (Phi) is 5.05. The van der Waals surface area contributed by atoms with Crippen molar-refractivity contribution in [2.75, 3.05) is 17.9 Å². The first-order valence-electron chi connectivity index (χ1n) is 5.96. The molecule has 0 atom stereocenters. The Labute approximate surface area is 130 Å². The van der Waals surface area contributed by atoms with Crippen LogP contribution in [-0.4, -0.2) is 17.1 Å². The lowest BCUT2D eigenvalue weighted by Gasteiger charge is -2.10. The number of hydrazine groups is 1. The molecule has 0 bridgehead atoms. The van der Waals surface area contributed by atoms with E-state index in [1.807, 2.05) is 6.07 Å². The molecule has 0 spiro atoms. The molecular formula is C13H13BrN6O. The smallest absolute Gasteiger partial charge is 0.158 e. The van der Waals surface area contributed by atoms with Crippen LogP contribution in [0.3, 0.4) is 0 Å². The van der Waals surface area contributed by atoms with Gasteiger partial charge in [0.1, 0.15) is 24.3 Å². The van der Waals surface area contributed by atoms with Crippen LogP contribution in [0.15, 0.2) is 28.7 Å². The number of hydrogen-bond donors (Lipinski definition) is 3. The Morgan fingerprint density at radius 2 is 2.10 bits per heavy atom. The van der Waals surface area contributed by atoms with E-state index in [4.69, 9.17) is 15.8 Å². The van der Waals surface area contributed by atoms with Gasteiger partial charge < -0.3 is 15.5 Å². The van der Waals surface area contributed by atoms with Crippen LogP contribution in [0.2, 0.25) is 0 Å². The molecule has 0 aliphatic heterocycles. The van der Waals surface area contributed by atoms with Crippen molar-refractivity contribution >= 4 is 33.3 Å². The molecule has 0 saturated heterocycles. The van der Waals surface area contributed by atoms with Crippen molar-refractivity contribution < 1.29 is 4.74 Å². The lowest BCUT2D eigenvalue weighted by Crippen LogP contribution is -2.12. The quantitative estimate of drug-likeness (QED) is 0.561. The van der Waals surface area contributed by atoms with Gasteiger partial charge in [0.05, 0.1) is 11.3 Å². The molecule has 0 amide bonds. The number of hydrogen-bond acceptors (Lipinski definition) is 7. The van der Waals surface area contributed by atoms with E-state index < -0.39 is 0 Å². The van der Waals surface area contributed by atoms with Gasteiger partial charge in [0.25, 0.3) is 0 Å². The first-order chi connectivity index (χ1) is 10.2. The van der Waals surface area contributed by atoms with Gasteiger partial charge in [0.15, 0.2) is 5.82 Å². The summed E-state index contributed by atoms with van der Waals surface area (Å²) in [5, 5.41) is 12.2. The molecule has 0 unspecified atom stereocenters. The van der Waals surface area contributed by atoms with Gasteiger partial charge in [-0.05, 0) is 18.2 Å². The third-order valence-corrected chi connectivity index (χ3v) is 3.05. The van der Waals surface area contributed by atoms with Gasteiger partial charge in [-0.1, -0.05) is 15.9 Å². The van der Waals surface area contributed by atoms with Crippen molar-refractivity contribution in [2.45, 2.75) is 6.61 Å². The number of nitrogens with zero attached hydrogens (tertiary/aromatic N) is 3. The second-order valence-electron chi connectivity index (χ2n) is 4.06. The molecule has 0 fully saturated rings. The molecule has 1 aromatic carbocycles. The fraction of sp³-hybridized carbons (Fsp3) is 0.154. The number of benzene rings is 1. The highest BCUT2D eigenvalue weighted by atomic mass is 79.9. The topological polar surface area (TPSA) is 109 Å². The number of rotatable bonds is 5. The Morgan fingerprint density at radius 3 is 2.76 bits per heavy atom. The summed E-state index contributed by atoms with van der Waals surface area (Å²) in [4.78, 5) is 8.46. The maximum absolute atomic E-state index is 9.16. The van der Waals surface area contributed by atoms with E-state index in [-0.39, 0.29) is 6.61 Å². The minimum atomic E-state index is 0.260. The van der Waals surface area contributed by atoms with Crippen molar-refractivity contribution in [2.24, 2.45) is 5.84 Å². The molecule has 1 aromatic heterocycles. The van der Waals surface area contributed by atoms with Gasteiger partial charge in [-0.2, -0.15) is 5.26 Å². The van der Waals surface area contributed by atoms with Crippen molar-refractivity contribution in [1.29, 1.82) is 5.26 Å². The summed E-state index contributed by atoms with van der Waals surface area (Å²) in [6, 6.07) is 9.11. The van der Waals surface area contributed by atoms with Crippen LogP contribution >= 0.6 is 15.9 Å². The van der Waals surface area contributed by atoms with Crippen LogP contribution in [0.25, 0.3) is 0 Å². The number of nitrogen functional groups attached to an aromatic ring is 1. The van der Waals surface area contributed by atoms with E-state index in [1.54, 1.807) is 25.3 Å². The largest absolute Gasteiger partial charge is 0.377 e. The van der Waals surface area contributed by atoms with Gasteiger partial charge in [-0.3, -0.25) is 0 Å². The van der Waals surface area contributed by atoms with Crippen molar-refractivity contribution in [3.63, 3.8) is 0 Å². The first-order valence-corrected chi connectivity index (χ1v) is 6.75. The lowest BCUT2D eigenvalue weighted by molar-refractivity contribution is 0.178. The standard InChI is InChI=1S/C13H13BrN6O/c1-21-7-13-18-11(5-12(19-13)20-16)17-10-3-2-9(14)4-8(10)6-15/h2-5H,7,16H2,1H3,(H2,17,18,19,20). The third-order valence-electron chi connectivity index (χ3n) is 2.56. The number of halogens is 1. The summed E-state index contributed by atoms with van der Waals surface area (Å²) in [6.07, 6.45) is 0. The fourth-order valence-electron chi connectivity index (χ4n) is 1.68. The molecule has 108 valence electrons. The molecule has 0 aliphatic rings. The van der Waals surface area contributed by atoms with Crippen LogP contribution in [0.5, 0.6) is 0 Å². The highest BCUT2D eigenvalue weighted by Crippen LogP contribution is 2.24. The lowest BCUT2D eigenvalue weighted by atomic mass is 10.2. The van der Waals surface area contributed by atoms with Crippen LogP contribution in [-0.2, 0) is 11.3 Å². The summed E-state index contributed by atoms with van der Waals surface area (Å²) in [5.74, 6) is 6.83. The maximum Gasteiger partial charge on any atom is 0.158 e. The molecule has 0 radical (unpaired) electrons. The van der Waals surface area contributed by atoms with Gasteiger partial charge in [0, 0.05) is 17.6 Å². The molecular weight excluding hydrogens is 336 g/mol. The van der Waals surface area contributed by atoms with Gasteiger partial charge in [-0.15, -0.1) is 0 Å². The Balaban J connectivity index is 2.35. The highest BCUT2D eigenvalue weighted by Gasteiger charge is 2.07. The van der Waals surface area contributed by atoms with Gasteiger partial charge in [0.2, 0.25) is 0 Å². The zero-order chi connectivity index (χ0) is 15.2. The van der Waals surface area contributed by atoms with E-state index in [0.29, 0.717) is 28.7 Å². The highest BCUT2D eigenvalue weighted by molar-refractivity contribution is 9.10. The number of nitrogens with two attached hydrogens (primary N) is 1. The number of anilines is 3. The monoisotopic (exact) mass is 348 g/mol. The van der Waals surface area contributed by atoms with E-state index in [1.165, 1.54) is 0 Å². The van der Waals surface area contributed by atoms with E-state index in [9.17, 15) is 0 Å². The average Bonchev–Trinajstić information content (AvgIpc) is 2.49. The zero-order valence-electron chi connectivity index (χ0n) is 11.2. The molecule has 8 heteroatoms. The number of nitriles is 1. The average molecular weight is 349 g/mol. The molecule has 7 nitrogen and oxygen atoms in total. The maximum atomic E-state index is 9.16. The van der Waals surface area contributed by atoms with Gasteiger partial charge in [-0.25, -0.2) is 15.8 Å². The normalized spacial score (nSPS) is 10.0. The van der Waals surface area contributed by atoms with Crippen LogP contribution in [0.4, 0.5) is 17.3 Å². The summed E-state index contributed by atoms with van der Waals surface area (Å²) in [5.41, 5.74) is 3.61. The SMILES string of the molecule is COCc1nc(NN)cc(Nc2ccc(Br)cc2C#N)n1. The zero-order valence-corrected chi connectivity index (χ0v) is 12.8. The number of methoxy groups -OCH3 is 1. The number of nitrogens with one attached hydrogen (secondary N) is 2. The van der Waals surface area contributed by atoms with Crippen LogP contribution in [0.1, 0.15) is 11.4 Å². The van der Waals surface area contributed by atoms with Crippen LogP contribution < -0.4 is 16.6 Å². The van der Waals surface area contributed by atoms with E-state index in [2.05, 4.69) is 42.7 Å². The fourth-order valence-corrected chi connectivity index (χ4v) is 2.05. The molecule has 0 saturated carbocycles. The summed E-state index contributed by atoms with van der Waals surface area (Å²) in [7, 11) is 1.56. The van der Waals surface area contributed by atoms with E-state index in [0.717, 1.165) is 4.47 Å².